The zero-order chi connectivity index (χ0) is 23.5. The molecule has 0 saturated heterocycles. The standard InChI is InChI=1S/C24H17F2N5OS2/c25-16-5-3-15(4-6-16)22(20-2-1-11-33-20)30-21(32)13-34-24-19-12-29-31(23(19)27-14-28-24)18-9-7-17(26)8-10-18/h1-12,14,22H,13H2,(H,30,32). The van der Waals surface area contributed by atoms with E-state index in [1.54, 1.807) is 35.1 Å². The first kappa shape index (κ1) is 22.2. The van der Waals surface area contributed by atoms with E-state index in [1.807, 2.05) is 17.5 Å². The van der Waals surface area contributed by atoms with Gasteiger partial charge in [0.05, 0.1) is 29.1 Å². The van der Waals surface area contributed by atoms with Gasteiger partial charge in [0.1, 0.15) is 23.0 Å². The second-order valence-corrected chi connectivity index (χ2v) is 9.25. The van der Waals surface area contributed by atoms with Crippen molar-refractivity contribution in [1.82, 2.24) is 25.1 Å². The van der Waals surface area contributed by atoms with E-state index in [0.29, 0.717) is 21.7 Å². The monoisotopic (exact) mass is 493 g/mol. The summed E-state index contributed by atoms with van der Waals surface area (Å²) in [5.74, 6) is -0.731. The number of hydrogen-bond acceptors (Lipinski definition) is 6. The molecule has 170 valence electrons. The smallest absolute Gasteiger partial charge is 0.231 e. The normalized spacial score (nSPS) is 12.1. The molecule has 34 heavy (non-hydrogen) atoms. The van der Waals surface area contributed by atoms with Gasteiger partial charge >= 0.3 is 0 Å². The molecule has 1 N–H and O–H groups in total. The number of halogens is 2. The molecule has 1 amide bonds. The maximum absolute atomic E-state index is 13.4. The Labute approximate surface area is 201 Å². The molecule has 5 rings (SSSR count). The Morgan fingerprint density at radius 1 is 1.03 bits per heavy atom. The minimum absolute atomic E-state index is 0.122. The predicted octanol–water partition coefficient (Wildman–Crippen LogP) is 5.15. The van der Waals surface area contributed by atoms with Crippen LogP contribution in [0.1, 0.15) is 16.5 Å². The first-order valence-electron chi connectivity index (χ1n) is 10.2. The van der Waals surface area contributed by atoms with Gasteiger partial charge in [-0.2, -0.15) is 5.10 Å². The second kappa shape index (κ2) is 9.70. The number of fused-ring (bicyclic) bond motifs is 1. The van der Waals surface area contributed by atoms with Crippen LogP contribution in [-0.4, -0.2) is 31.4 Å². The molecule has 10 heteroatoms. The van der Waals surface area contributed by atoms with Gasteiger partial charge in [-0.3, -0.25) is 4.79 Å². The maximum Gasteiger partial charge on any atom is 0.231 e. The molecule has 3 aromatic heterocycles. The number of benzene rings is 2. The average molecular weight is 494 g/mol. The number of rotatable bonds is 7. The zero-order valence-electron chi connectivity index (χ0n) is 17.6. The van der Waals surface area contributed by atoms with Crippen LogP contribution in [0, 0.1) is 11.6 Å². The number of aromatic nitrogens is 4. The van der Waals surface area contributed by atoms with E-state index in [0.717, 1.165) is 10.4 Å². The van der Waals surface area contributed by atoms with Crippen LogP contribution < -0.4 is 5.32 Å². The lowest BCUT2D eigenvalue weighted by molar-refractivity contribution is -0.119. The second-order valence-electron chi connectivity index (χ2n) is 7.31. The van der Waals surface area contributed by atoms with E-state index in [9.17, 15) is 13.6 Å². The average Bonchev–Trinajstić information content (AvgIpc) is 3.53. The summed E-state index contributed by atoms with van der Waals surface area (Å²) in [6.07, 6.45) is 3.04. The molecular weight excluding hydrogens is 476 g/mol. The van der Waals surface area contributed by atoms with Crippen LogP contribution in [0.4, 0.5) is 8.78 Å². The lowest BCUT2D eigenvalue weighted by Crippen LogP contribution is -2.30. The van der Waals surface area contributed by atoms with Crippen molar-refractivity contribution in [3.63, 3.8) is 0 Å². The Morgan fingerprint density at radius 3 is 2.47 bits per heavy atom. The van der Waals surface area contributed by atoms with E-state index in [2.05, 4.69) is 20.4 Å². The van der Waals surface area contributed by atoms with Crippen LogP contribution in [0.25, 0.3) is 16.7 Å². The van der Waals surface area contributed by atoms with E-state index in [4.69, 9.17) is 0 Å². The molecule has 0 aliphatic heterocycles. The van der Waals surface area contributed by atoms with Crippen LogP contribution in [-0.2, 0) is 4.79 Å². The number of thioether (sulfide) groups is 1. The SMILES string of the molecule is O=C(CSc1ncnc2c1cnn2-c1ccc(F)cc1)NC(c1ccc(F)cc1)c1cccs1. The van der Waals surface area contributed by atoms with Crippen LogP contribution in [0.3, 0.4) is 0 Å². The lowest BCUT2D eigenvalue weighted by atomic mass is 10.1. The van der Waals surface area contributed by atoms with Gasteiger partial charge in [0.15, 0.2) is 5.65 Å². The van der Waals surface area contributed by atoms with E-state index in [-0.39, 0.29) is 29.3 Å². The van der Waals surface area contributed by atoms with Crippen molar-refractivity contribution in [3.8, 4) is 5.69 Å². The molecule has 0 aliphatic carbocycles. The van der Waals surface area contributed by atoms with Gasteiger partial charge in [0.25, 0.3) is 0 Å². The number of carbonyl (C=O) groups excluding carboxylic acids is 1. The first-order chi connectivity index (χ1) is 16.6. The lowest BCUT2D eigenvalue weighted by Gasteiger charge is -2.18. The molecule has 3 heterocycles. The fourth-order valence-corrected chi connectivity index (χ4v) is 5.05. The predicted molar refractivity (Wildman–Crippen MR) is 128 cm³/mol. The quantitative estimate of drug-likeness (QED) is 0.251. The molecule has 0 aliphatic rings. The van der Waals surface area contributed by atoms with Crippen LogP contribution in [0.2, 0.25) is 0 Å². The van der Waals surface area contributed by atoms with E-state index in [1.165, 1.54) is 53.7 Å². The highest BCUT2D eigenvalue weighted by atomic mass is 32.2. The molecule has 1 atom stereocenters. The van der Waals surface area contributed by atoms with E-state index >= 15 is 0 Å². The summed E-state index contributed by atoms with van der Waals surface area (Å²) in [6.45, 7) is 0. The van der Waals surface area contributed by atoms with Crippen LogP contribution >= 0.6 is 23.1 Å². The summed E-state index contributed by atoms with van der Waals surface area (Å²) in [6, 6.07) is 15.5. The summed E-state index contributed by atoms with van der Waals surface area (Å²) >= 11 is 2.79. The summed E-state index contributed by atoms with van der Waals surface area (Å²) in [7, 11) is 0. The molecule has 0 bridgehead atoms. The zero-order valence-corrected chi connectivity index (χ0v) is 19.2. The van der Waals surface area contributed by atoms with Gasteiger partial charge in [-0.05, 0) is 53.4 Å². The van der Waals surface area contributed by atoms with Crippen molar-refractivity contribution in [1.29, 1.82) is 0 Å². The molecule has 0 saturated carbocycles. The van der Waals surface area contributed by atoms with Gasteiger partial charge in [0.2, 0.25) is 5.91 Å². The highest BCUT2D eigenvalue weighted by molar-refractivity contribution is 8.00. The minimum atomic E-state index is -0.375. The number of amides is 1. The third-order valence-electron chi connectivity index (χ3n) is 5.08. The molecule has 5 aromatic rings. The van der Waals surface area contributed by atoms with Crippen LogP contribution in [0.15, 0.2) is 83.6 Å². The number of thiophene rings is 1. The first-order valence-corrected chi connectivity index (χ1v) is 12.1. The third-order valence-corrected chi connectivity index (χ3v) is 7.02. The Hall–Kier alpha value is -3.63. The Kier molecular flexibility index (Phi) is 6.33. The van der Waals surface area contributed by atoms with Crippen molar-refractivity contribution >= 4 is 40.0 Å². The van der Waals surface area contributed by atoms with Crippen molar-refractivity contribution in [2.45, 2.75) is 11.1 Å². The van der Waals surface area contributed by atoms with Gasteiger partial charge in [-0.15, -0.1) is 11.3 Å². The van der Waals surface area contributed by atoms with Crippen molar-refractivity contribution in [2.75, 3.05) is 5.75 Å². The Morgan fingerprint density at radius 2 is 1.76 bits per heavy atom. The Bertz CT molecular complexity index is 1420. The van der Waals surface area contributed by atoms with Crippen molar-refractivity contribution in [2.24, 2.45) is 0 Å². The Balaban J connectivity index is 1.33. The highest BCUT2D eigenvalue weighted by Gasteiger charge is 2.19. The number of hydrogen-bond donors (Lipinski definition) is 1. The fourth-order valence-electron chi connectivity index (χ4n) is 3.47. The van der Waals surface area contributed by atoms with Gasteiger partial charge < -0.3 is 5.32 Å². The molecule has 0 fully saturated rings. The van der Waals surface area contributed by atoms with Gasteiger partial charge in [0, 0.05) is 4.88 Å². The number of carbonyl (C=O) groups is 1. The summed E-state index contributed by atoms with van der Waals surface area (Å²) in [5, 5.41) is 10.6. The number of nitrogens with zero attached hydrogens (tertiary/aromatic N) is 4. The number of nitrogens with one attached hydrogen (secondary N) is 1. The van der Waals surface area contributed by atoms with Gasteiger partial charge in [-0.25, -0.2) is 23.4 Å². The highest BCUT2D eigenvalue weighted by Crippen LogP contribution is 2.28. The molecule has 0 spiro atoms. The van der Waals surface area contributed by atoms with Crippen molar-refractivity contribution < 1.29 is 13.6 Å². The molecule has 0 radical (unpaired) electrons. The molecule has 2 aromatic carbocycles. The summed E-state index contributed by atoms with van der Waals surface area (Å²) in [4.78, 5) is 22.4. The van der Waals surface area contributed by atoms with Crippen molar-refractivity contribution in [3.05, 3.63) is 101 Å². The molecule has 6 nitrogen and oxygen atoms in total. The maximum atomic E-state index is 13.4. The fraction of sp³-hybridized carbons (Fsp3) is 0.0833. The summed E-state index contributed by atoms with van der Waals surface area (Å²) < 4.78 is 28.3. The molecular formula is C24H17F2N5OS2. The largest absolute Gasteiger partial charge is 0.344 e. The third kappa shape index (κ3) is 4.68. The minimum Gasteiger partial charge on any atom is -0.344 e. The topological polar surface area (TPSA) is 72.7 Å². The van der Waals surface area contributed by atoms with Crippen LogP contribution in [0.5, 0.6) is 0 Å². The van der Waals surface area contributed by atoms with Gasteiger partial charge in [-0.1, -0.05) is 30.0 Å². The summed E-state index contributed by atoms with van der Waals surface area (Å²) in [5.41, 5.74) is 2.03. The molecule has 1 unspecified atom stereocenters. The van der Waals surface area contributed by atoms with E-state index < -0.39 is 0 Å².